The van der Waals surface area contributed by atoms with Crippen molar-refractivity contribution in [2.45, 2.75) is 46.1 Å². The van der Waals surface area contributed by atoms with Crippen LogP contribution in [0.5, 0.6) is 0 Å². The second-order valence-electron chi connectivity index (χ2n) is 6.40. The number of nitrogens with zero attached hydrogens (tertiary/aromatic N) is 1. The first-order valence-electron chi connectivity index (χ1n) is 7.07. The second kappa shape index (κ2) is 7.68. The number of hydrogen-bond donors (Lipinski definition) is 2. The van der Waals surface area contributed by atoms with Crippen LogP contribution in [-0.2, 0) is 14.4 Å². The first-order chi connectivity index (χ1) is 9.70. The largest absolute Gasteiger partial charge is 0.481 e. The molecule has 0 aromatic carbocycles. The van der Waals surface area contributed by atoms with E-state index in [1.54, 1.807) is 16.7 Å². The lowest BCUT2D eigenvalue weighted by Gasteiger charge is -2.26. The molecule has 120 valence electrons. The Kier molecular flexibility index (Phi) is 6.51. The number of hydrogen-bond acceptors (Lipinski definition) is 4. The highest BCUT2D eigenvalue weighted by Crippen LogP contribution is 2.26. The molecule has 1 rings (SSSR count). The number of carbonyl (C=O) groups is 3. The van der Waals surface area contributed by atoms with E-state index in [1.165, 1.54) is 0 Å². The van der Waals surface area contributed by atoms with Gasteiger partial charge in [-0.15, -0.1) is 11.8 Å². The van der Waals surface area contributed by atoms with Crippen LogP contribution < -0.4 is 5.32 Å². The van der Waals surface area contributed by atoms with Gasteiger partial charge in [0.15, 0.2) is 0 Å². The van der Waals surface area contributed by atoms with Crippen LogP contribution in [0.15, 0.2) is 0 Å². The highest BCUT2D eigenvalue weighted by Gasteiger charge is 2.35. The monoisotopic (exact) mass is 316 g/mol. The number of carboxylic acids is 1. The summed E-state index contributed by atoms with van der Waals surface area (Å²) in [5.41, 5.74) is -0.104. The number of nitrogens with one attached hydrogen (secondary N) is 1. The molecule has 0 spiro atoms. The van der Waals surface area contributed by atoms with E-state index in [0.717, 1.165) is 0 Å². The van der Waals surface area contributed by atoms with Crippen LogP contribution in [0, 0.1) is 5.41 Å². The fourth-order valence-electron chi connectivity index (χ4n) is 2.03. The molecule has 1 aliphatic rings. The average Bonchev–Trinajstić information content (AvgIpc) is 2.81. The van der Waals surface area contributed by atoms with Gasteiger partial charge in [-0.25, -0.2) is 0 Å². The summed E-state index contributed by atoms with van der Waals surface area (Å²) < 4.78 is 0. The smallest absolute Gasteiger partial charge is 0.303 e. The molecule has 0 aliphatic carbocycles. The molecule has 6 nitrogen and oxygen atoms in total. The van der Waals surface area contributed by atoms with Crippen LogP contribution in [0.3, 0.4) is 0 Å². The van der Waals surface area contributed by atoms with Crippen LogP contribution in [0.2, 0.25) is 0 Å². The molecule has 21 heavy (non-hydrogen) atoms. The van der Waals surface area contributed by atoms with Crippen molar-refractivity contribution in [1.29, 1.82) is 0 Å². The minimum atomic E-state index is -0.873. The molecule has 1 fully saturated rings. The molecule has 2 amide bonds. The van der Waals surface area contributed by atoms with E-state index >= 15 is 0 Å². The van der Waals surface area contributed by atoms with E-state index in [4.69, 9.17) is 5.11 Å². The Morgan fingerprint density at radius 2 is 2.00 bits per heavy atom. The number of rotatable bonds is 6. The van der Waals surface area contributed by atoms with Gasteiger partial charge in [0, 0.05) is 25.1 Å². The predicted molar refractivity (Wildman–Crippen MR) is 81.9 cm³/mol. The van der Waals surface area contributed by atoms with Crippen LogP contribution in [-0.4, -0.2) is 52.0 Å². The molecule has 1 unspecified atom stereocenters. The van der Waals surface area contributed by atoms with Crippen molar-refractivity contribution in [3.8, 4) is 0 Å². The zero-order chi connectivity index (χ0) is 16.0. The molecule has 0 bridgehead atoms. The maximum atomic E-state index is 12.2. The number of thioether (sulfide) groups is 1. The van der Waals surface area contributed by atoms with Gasteiger partial charge in [0.2, 0.25) is 11.8 Å². The zero-order valence-corrected chi connectivity index (χ0v) is 13.7. The van der Waals surface area contributed by atoms with Crippen molar-refractivity contribution < 1.29 is 19.5 Å². The van der Waals surface area contributed by atoms with E-state index in [9.17, 15) is 14.4 Å². The summed E-state index contributed by atoms with van der Waals surface area (Å²) in [7, 11) is 0. The normalized spacial score (nSPS) is 18.6. The molecule has 1 heterocycles. The molecule has 7 heteroatoms. The van der Waals surface area contributed by atoms with E-state index in [-0.39, 0.29) is 23.7 Å². The molecule has 1 atom stereocenters. The van der Waals surface area contributed by atoms with Crippen molar-refractivity contribution in [2.24, 2.45) is 5.41 Å². The number of aliphatic carboxylic acids is 1. The lowest BCUT2D eigenvalue weighted by atomic mass is 9.91. The van der Waals surface area contributed by atoms with Crippen molar-refractivity contribution in [3.05, 3.63) is 0 Å². The SMILES string of the molecule is CC(C)(C)CC(=O)N1CSCC1C(=O)NCCCC(=O)O. The van der Waals surface area contributed by atoms with E-state index in [2.05, 4.69) is 5.32 Å². The Morgan fingerprint density at radius 1 is 1.33 bits per heavy atom. The molecule has 1 aliphatic heterocycles. The van der Waals surface area contributed by atoms with Crippen molar-refractivity contribution >= 4 is 29.5 Å². The molecule has 0 aromatic rings. The standard InChI is InChI=1S/C14H24N2O4S/c1-14(2,3)7-11(17)16-9-21-8-10(16)13(20)15-6-4-5-12(18)19/h10H,4-9H2,1-3H3,(H,15,20)(H,18,19). The third-order valence-corrected chi connectivity index (χ3v) is 4.07. The first kappa shape index (κ1) is 17.8. The summed E-state index contributed by atoms with van der Waals surface area (Å²) in [5, 5.41) is 11.3. The van der Waals surface area contributed by atoms with Gasteiger partial charge in [-0.3, -0.25) is 14.4 Å². The Balaban J connectivity index is 2.46. The van der Waals surface area contributed by atoms with Gasteiger partial charge in [0.25, 0.3) is 0 Å². The summed E-state index contributed by atoms with van der Waals surface area (Å²) in [5.74, 6) is 0.0801. The van der Waals surface area contributed by atoms with E-state index in [1.807, 2.05) is 20.8 Å². The van der Waals surface area contributed by atoms with Gasteiger partial charge in [-0.2, -0.15) is 0 Å². The van der Waals surface area contributed by atoms with Gasteiger partial charge in [0.1, 0.15) is 6.04 Å². The summed E-state index contributed by atoms with van der Waals surface area (Å²) in [4.78, 5) is 36.4. The van der Waals surface area contributed by atoms with Crippen molar-refractivity contribution in [2.75, 3.05) is 18.2 Å². The van der Waals surface area contributed by atoms with Gasteiger partial charge >= 0.3 is 5.97 Å². The third-order valence-electron chi connectivity index (χ3n) is 3.05. The molecule has 0 saturated carbocycles. The second-order valence-corrected chi connectivity index (χ2v) is 7.40. The Hall–Kier alpha value is -1.24. The minimum Gasteiger partial charge on any atom is -0.481 e. The fourth-order valence-corrected chi connectivity index (χ4v) is 3.21. The van der Waals surface area contributed by atoms with E-state index < -0.39 is 12.0 Å². The molecule has 0 radical (unpaired) electrons. The lowest BCUT2D eigenvalue weighted by molar-refractivity contribution is -0.139. The summed E-state index contributed by atoms with van der Waals surface area (Å²) in [6.45, 7) is 6.31. The third kappa shape index (κ3) is 6.37. The topological polar surface area (TPSA) is 86.7 Å². The summed E-state index contributed by atoms with van der Waals surface area (Å²) in [6, 6.07) is -0.435. The van der Waals surface area contributed by atoms with Crippen molar-refractivity contribution in [3.63, 3.8) is 0 Å². The molecule has 2 N–H and O–H groups in total. The van der Waals surface area contributed by atoms with Crippen LogP contribution in [0.1, 0.15) is 40.0 Å². The van der Waals surface area contributed by atoms with Crippen LogP contribution >= 0.6 is 11.8 Å². The molecule has 0 aromatic heterocycles. The highest BCUT2D eigenvalue weighted by molar-refractivity contribution is 7.99. The maximum absolute atomic E-state index is 12.2. The minimum absolute atomic E-state index is 0.00168. The van der Waals surface area contributed by atoms with Gasteiger partial charge in [0.05, 0.1) is 5.88 Å². The average molecular weight is 316 g/mol. The first-order valence-corrected chi connectivity index (χ1v) is 8.23. The predicted octanol–water partition coefficient (Wildman–Crippen LogP) is 1.31. The summed E-state index contributed by atoms with van der Waals surface area (Å²) in [6.07, 6.45) is 0.847. The molecular weight excluding hydrogens is 292 g/mol. The highest BCUT2D eigenvalue weighted by atomic mass is 32.2. The number of amides is 2. The van der Waals surface area contributed by atoms with E-state index in [0.29, 0.717) is 31.0 Å². The fraction of sp³-hybridized carbons (Fsp3) is 0.786. The van der Waals surface area contributed by atoms with Gasteiger partial charge < -0.3 is 15.3 Å². The van der Waals surface area contributed by atoms with Crippen molar-refractivity contribution in [1.82, 2.24) is 10.2 Å². The lowest BCUT2D eigenvalue weighted by Crippen LogP contribution is -2.48. The Labute approximate surface area is 129 Å². The Morgan fingerprint density at radius 3 is 2.57 bits per heavy atom. The van der Waals surface area contributed by atoms with Crippen LogP contribution in [0.4, 0.5) is 0 Å². The Bertz CT molecular complexity index is 406. The summed E-state index contributed by atoms with van der Waals surface area (Å²) >= 11 is 1.57. The maximum Gasteiger partial charge on any atom is 0.303 e. The van der Waals surface area contributed by atoms with Crippen LogP contribution in [0.25, 0.3) is 0 Å². The quantitative estimate of drug-likeness (QED) is 0.721. The van der Waals surface area contributed by atoms with Gasteiger partial charge in [-0.1, -0.05) is 20.8 Å². The number of carboxylic acid groups (broad SMARTS) is 1. The number of carbonyl (C=O) groups excluding carboxylic acids is 2. The van der Waals surface area contributed by atoms with Gasteiger partial charge in [-0.05, 0) is 11.8 Å². The molecular formula is C14H24N2O4S. The zero-order valence-electron chi connectivity index (χ0n) is 12.8. The molecule has 1 saturated heterocycles.